The van der Waals surface area contributed by atoms with Gasteiger partial charge in [-0.25, -0.2) is 0 Å². The molecule has 0 spiro atoms. The topological polar surface area (TPSA) is 9.23 Å². The summed E-state index contributed by atoms with van der Waals surface area (Å²) in [6.45, 7) is 2.03. The van der Waals surface area contributed by atoms with Gasteiger partial charge < -0.3 is 4.74 Å². The SMILES string of the molecule is COc1cc(C(Cl)Cc2ccccc2)ccc1C. The van der Waals surface area contributed by atoms with Crippen LogP contribution in [-0.4, -0.2) is 7.11 Å². The monoisotopic (exact) mass is 260 g/mol. The lowest BCUT2D eigenvalue weighted by Gasteiger charge is -2.12. The predicted octanol–water partition coefficient (Wildman–Crippen LogP) is 4.53. The molecular weight excluding hydrogens is 244 g/mol. The number of hydrogen-bond donors (Lipinski definition) is 0. The molecule has 0 aliphatic heterocycles. The predicted molar refractivity (Wildman–Crippen MR) is 76.5 cm³/mol. The zero-order valence-corrected chi connectivity index (χ0v) is 11.4. The third-order valence-corrected chi connectivity index (χ3v) is 3.46. The third-order valence-electron chi connectivity index (χ3n) is 3.05. The van der Waals surface area contributed by atoms with Crippen LogP contribution in [0.25, 0.3) is 0 Å². The Hall–Kier alpha value is -1.47. The van der Waals surface area contributed by atoms with Crippen LogP contribution in [0.1, 0.15) is 22.1 Å². The lowest BCUT2D eigenvalue weighted by Crippen LogP contribution is -1.97. The first-order chi connectivity index (χ1) is 8.70. The van der Waals surface area contributed by atoms with E-state index in [1.807, 2.05) is 31.2 Å². The second-order valence-electron chi connectivity index (χ2n) is 4.39. The maximum absolute atomic E-state index is 6.47. The molecule has 0 aliphatic rings. The number of benzene rings is 2. The van der Waals surface area contributed by atoms with Crippen molar-refractivity contribution in [2.45, 2.75) is 18.7 Å². The first-order valence-corrected chi connectivity index (χ1v) is 6.47. The quantitative estimate of drug-likeness (QED) is 0.734. The van der Waals surface area contributed by atoms with Crippen LogP contribution in [-0.2, 0) is 6.42 Å². The molecule has 0 heterocycles. The molecule has 1 unspecified atom stereocenters. The van der Waals surface area contributed by atoms with Gasteiger partial charge in [-0.15, -0.1) is 11.6 Å². The summed E-state index contributed by atoms with van der Waals surface area (Å²) in [7, 11) is 1.69. The van der Waals surface area contributed by atoms with E-state index in [0.717, 1.165) is 23.3 Å². The Morgan fingerprint density at radius 1 is 1.11 bits per heavy atom. The zero-order valence-electron chi connectivity index (χ0n) is 10.7. The zero-order chi connectivity index (χ0) is 13.0. The van der Waals surface area contributed by atoms with E-state index in [-0.39, 0.29) is 5.38 Å². The van der Waals surface area contributed by atoms with Crippen LogP contribution in [0.2, 0.25) is 0 Å². The molecular formula is C16H17ClO. The summed E-state index contributed by atoms with van der Waals surface area (Å²) < 4.78 is 5.33. The number of methoxy groups -OCH3 is 1. The van der Waals surface area contributed by atoms with Crippen LogP contribution in [0, 0.1) is 6.92 Å². The van der Waals surface area contributed by atoms with E-state index in [1.54, 1.807) is 7.11 Å². The van der Waals surface area contributed by atoms with E-state index < -0.39 is 0 Å². The van der Waals surface area contributed by atoms with Gasteiger partial charge in [-0.2, -0.15) is 0 Å². The lowest BCUT2D eigenvalue weighted by molar-refractivity contribution is 0.411. The highest BCUT2D eigenvalue weighted by molar-refractivity contribution is 6.20. The van der Waals surface area contributed by atoms with Gasteiger partial charge in [0, 0.05) is 0 Å². The van der Waals surface area contributed by atoms with E-state index in [4.69, 9.17) is 16.3 Å². The molecule has 2 rings (SSSR count). The van der Waals surface area contributed by atoms with Gasteiger partial charge in [0.2, 0.25) is 0 Å². The fourth-order valence-electron chi connectivity index (χ4n) is 1.97. The summed E-state index contributed by atoms with van der Waals surface area (Å²) >= 11 is 6.47. The second-order valence-corrected chi connectivity index (χ2v) is 4.91. The van der Waals surface area contributed by atoms with E-state index in [9.17, 15) is 0 Å². The van der Waals surface area contributed by atoms with Gasteiger partial charge in [-0.05, 0) is 36.1 Å². The lowest BCUT2D eigenvalue weighted by atomic mass is 10.0. The van der Waals surface area contributed by atoms with Crippen molar-refractivity contribution in [3.8, 4) is 5.75 Å². The van der Waals surface area contributed by atoms with Gasteiger partial charge in [0.25, 0.3) is 0 Å². The second kappa shape index (κ2) is 5.92. The largest absolute Gasteiger partial charge is 0.496 e. The number of halogens is 1. The molecule has 2 aromatic rings. The minimum absolute atomic E-state index is 0.0260. The molecule has 1 nitrogen and oxygen atoms in total. The van der Waals surface area contributed by atoms with Crippen molar-refractivity contribution in [1.29, 1.82) is 0 Å². The summed E-state index contributed by atoms with van der Waals surface area (Å²) in [6, 6.07) is 16.4. The molecule has 0 N–H and O–H groups in total. The van der Waals surface area contributed by atoms with Crippen molar-refractivity contribution >= 4 is 11.6 Å². The first kappa shape index (κ1) is 13.0. The molecule has 18 heavy (non-hydrogen) atoms. The molecule has 0 saturated heterocycles. The van der Waals surface area contributed by atoms with Gasteiger partial charge in [0.15, 0.2) is 0 Å². The van der Waals surface area contributed by atoms with Crippen LogP contribution in [0.5, 0.6) is 5.75 Å². The highest BCUT2D eigenvalue weighted by atomic mass is 35.5. The van der Waals surface area contributed by atoms with Crippen LogP contribution >= 0.6 is 11.6 Å². The van der Waals surface area contributed by atoms with Crippen molar-refractivity contribution in [3.63, 3.8) is 0 Å². The molecule has 94 valence electrons. The van der Waals surface area contributed by atoms with Gasteiger partial charge >= 0.3 is 0 Å². The van der Waals surface area contributed by atoms with Crippen LogP contribution in [0.3, 0.4) is 0 Å². The van der Waals surface area contributed by atoms with Gasteiger partial charge in [-0.3, -0.25) is 0 Å². The summed E-state index contributed by atoms with van der Waals surface area (Å²) in [5.74, 6) is 0.895. The summed E-state index contributed by atoms with van der Waals surface area (Å²) in [5.41, 5.74) is 3.48. The standard InChI is InChI=1S/C16H17ClO/c1-12-8-9-14(11-16(12)18-2)15(17)10-13-6-4-3-5-7-13/h3-9,11,15H,10H2,1-2H3. The number of hydrogen-bond acceptors (Lipinski definition) is 1. The van der Waals surface area contributed by atoms with Crippen LogP contribution in [0.4, 0.5) is 0 Å². The molecule has 2 aromatic carbocycles. The molecule has 2 heteroatoms. The Bertz CT molecular complexity index is 508. The summed E-state index contributed by atoms with van der Waals surface area (Å²) in [4.78, 5) is 0. The van der Waals surface area contributed by atoms with Gasteiger partial charge in [0.1, 0.15) is 5.75 Å². The molecule has 0 aliphatic carbocycles. The third kappa shape index (κ3) is 3.05. The van der Waals surface area contributed by atoms with E-state index in [0.29, 0.717) is 0 Å². The van der Waals surface area contributed by atoms with Crippen LogP contribution < -0.4 is 4.74 Å². The molecule has 0 bridgehead atoms. The molecule has 0 fully saturated rings. The highest BCUT2D eigenvalue weighted by Crippen LogP contribution is 2.29. The highest BCUT2D eigenvalue weighted by Gasteiger charge is 2.10. The van der Waals surface area contributed by atoms with Crippen molar-refractivity contribution < 1.29 is 4.74 Å². The number of alkyl halides is 1. The van der Waals surface area contributed by atoms with E-state index in [2.05, 4.69) is 24.3 Å². The number of aryl methyl sites for hydroxylation is 1. The number of ether oxygens (including phenoxy) is 1. The maximum atomic E-state index is 6.47. The Kier molecular flexibility index (Phi) is 4.27. The van der Waals surface area contributed by atoms with Crippen molar-refractivity contribution in [2.75, 3.05) is 7.11 Å². The minimum atomic E-state index is -0.0260. The first-order valence-electron chi connectivity index (χ1n) is 6.03. The fourth-order valence-corrected chi connectivity index (χ4v) is 2.28. The Labute approximate surface area is 113 Å². The Morgan fingerprint density at radius 3 is 2.50 bits per heavy atom. The fraction of sp³-hybridized carbons (Fsp3) is 0.250. The minimum Gasteiger partial charge on any atom is -0.496 e. The van der Waals surface area contributed by atoms with E-state index >= 15 is 0 Å². The average molecular weight is 261 g/mol. The van der Waals surface area contributed by atoms with Gasteiger partial charge in [0.05, 0.1) is 12.5 Å². The molecule has 0 saturated carbocycles. The van der Waals surface area contributed by atoms with Crippen molar-refractivity contribution in [2.24, 2.45) is 0 Å². The molecule has 0 amide bonds. The maximum Gasteiger partial charge on any atom is 0.122 e. The van der Waals surface area contributed by atoms with Gasteiger partial charge in [-0.1, -0.05) is 42.5 Å². The number of rotatable bonds is 4. The molecule has 0 radical (unpaired) electrons. The van der Waals surface area contributed by atoms with E-state index in [1.165, 1.54) is 5.56 Å². The van der Waals surface area contributed by atoms with Crippen molar-refractivity contribution in [1.82, 2.24) is 0 Å². The van der Waals surface area contributed by atoms with Crippen LogP contribution in [0.15, 0.2) is 48.5 Å². The average Bonchev–Trinajstić information content (AvgIpc) is 2.40. The molecule has 0 aromatic heterocycles. The Balaban J connectivity index is 2.16. The smallest absolute Gasteiger partial charge is 0.122 e. The summed E-state index contributed by atoms with van der Waals surface area (Å²) in [6.07, 6.45) is 0.828. The Morgan fingerprint density at radius 2 is 1.83 bits per heavy atom. The molecule has 1 atom stereocenters. The normalized spacial score (nSPS) is 12.2. The van der Waals surface area contributed by atoms with Crippen molar-refractivity contribution in [3.05, 3.63) is 65.2 Å². The summed E-state index contributed by atoms with van der Waals surface area (Å²) in [5, 5.41) is -0.0260.